The molecule has 5 rings (SSSR count). The van der Waals surface area contributed by atoms with E-state index in [1.54, 1.807) is 18.5 Å². The van der Waals surface area contributed by atoms with Gasteiger partial charge in [0.15, 0.2) is 0 Å². The van der Waals surface area contributed by atoms with E-state index in [0.29, 0.717) is 18.0 Å². The van der Waals surface area contributed by atoms with Crippen molar-refractivity contribution in [2.75, 3.05) is 19.6 Å². The SMILES string of the molecule is CCn1ncnc1CN1C[C@H]2C[C@@H](C1)[C@H](Cc1cccc(F)c1)N1CCCC[C@@H]21. The smallest absolute Gasteiger partial charge is 0.140 e. The fraction of sp³-hybridized carbons (Fsp3) is 0.652. The van der Waals surface area contributed by atoms with Crippen molar-refractivity contribution in [3.8, 4) is 0 Å². The number of hydrogen-bond donors (Lipinski definition) is 0. The van der Waals surface area contributed by atoms with E-state index in [9.17, 15) is 4.39 Å². The standard InChI is InChI=1S/C23H32FN5/c1-2-29-23(25-16-26-29)15-27-13-18-12-19(14-27)22(28-9-4-3-8-21(18)28)11-17-6-5-7-20(24)10-17/h5-7,10,16,18-19,21-22H,2-4,8-9,11-15H2,1H3/t18-,19+,21+,22+/m1/s1. The molecule has 2 bridgehead atoms. The third kappa shape index (κ3) is 3.84. The number of benzene rings is 1. The summed E-state index contributed by atoms with van der Waals surface area (Å²) in [6.07, 6.45) is 7.93. The minimum absolute atomic E-state index is 0.115. The Labute approximate surface area is 172 Å². The molecule has 4 atom stereocenters. The molecule has 29 heavy (non-hydrogen) atoms. The summed E-state index contributed by atoms with van der Waals surface area (Å²) in [5.74, 6) is 2.35. The molecular formula is C23H32FN5. The van der Waals surface area contributed by atoms with Gasteiger partial charge in [-0.1, -0.05) is 18.6 Å². The number of aryl methyl sites for hydroxylation is 1. The van der Waals surface area contributed by atoms with Gasteiger partial charge in [0.2, 0.25) is 0 Å². The van der Waals surface area contributed by atoms with Gasteiger partial charge in [0.1, 0.15) is 18.0 Å². The van der Waals surface area contributed by atoms with Gasteiger partial charge in [-0.05, 0) is 68.7 Å². The molecule has 4 heterocycles. The van der Waals surface area contributed by atoms with Crippen LogP contribution in [0.1, 0.15) is 44.0 Å². The lowest BCUT2D eigenvalue weighted by Gasteiger charge is -2.57. The fourth-order valence-electron chi connectivity index (χ4n) is 6.19. The molecule has 0 spiro atoms. The lowest BCUT2D eigenvalue weighted by Crippen LogP contribution is -2.63. The number of aromatic nitrogens is 3. The lowest BCUT2D eigenvalue weighted by atomic mass is 9.71. The molecule has 156 valence electrons. The number of rotatable bonds is 5. The quantitative estimate of drug-likeness (QED) is 0.775. The predicted octanol–water partition coefficient (Wildman–Crippen LogP) is 3.35. The zero-order valence-electron chi connectivity index (χ0n) is 17.4. The predicted molar refractivity (Wildman–Crippen MR) is 111 cm³/mol. The Hall–Kier alpha value is -1.79. The number of likely N-dealkylation sites (tertiary alicyclic amines) is 1. The van der Waals surface area contributed by atoms with Gasteiger partial charge in [-0.2, -0.15) is 5.10 Å². The maximum Gasteiger partial charge on any atom is 0.140 e. The first-order valence-electron chi connectivity index (χ1n) is 11.3. The molecule has 5 nitrogen and oxygen atoms in total. The second-order valence-electron chi connectivity index (χ2n) is 9.14. The molecule has 1 aromatic carbocycles. The molecule has 1 aromatic heterocycles. The van der Waals surface area contributed by atoms with Gasteiger partial charge in [-0.3, -0.25) is 9.80 Å². The summed E-state index contributed by atoms with van der Waals surface area (Å²) < 4.78 is 15.8. The van der Waals surface area contributed by atoms with E-state index in [4.69, 9.17) is 0 Å². The Morgan fingerprint density at radius 2 is 2.07 bits per heavy atom. The van der Waals surface area contributed by atoms with E-state index < -0.39 is 0 Å². The van der Waals surface area contributed by atoms with Gasteiger partial charge in [0.25, 0.3) is 0 Å². The van der Waals surface area contributed by atoms with Crippen LogP contribution in [-0.4, -0.2) is 56.3 Å². The topological polar surface area (TPSA) is 37.2 Å². The summed E-state index contributed by atoms with van der Waals surface area (Å²) in [7, 11) is 0. The van der Waals surface area contributed by atoms with Crippen LogP contribution in [0, 0.1) is 17.7 Å². The van der Waals surface area contributed by atoms with Gasteiger partial charge in [0, 0.05) is 31.7 Å². The van der Waals surface area contributed by atoms with Crippen LogP contribution in [0.15, 0.2) is 30.6 Å². The summed E-state index contributed by atoms with van der Waals surface area (Å²) in [5, 5.41) is 4.35. The maximum absolute atomic E-state index is 13.8. The Kier molecular flexibility index (Phi) is 5.39. The van der Waals surface area contributed by atoms with Crippen LogP contribution >= 0.6 is 0 Å². The average molecular weight is 398 g/mol. The van der Waals surface area contributed by atoms with Crippen molar-refractivity contribution in [2.45, 2.75) is 64.2 Å². The van der Waals surface area contributed by atoms with E-state index in [1.807, 2.05) is 10.7 Å². The summed E-state index contributed by atoms with van der Waals surface area (Å²) in [4.78, 5) is 9.93. The van der Waals surface area contributed by atoms with E-state index in [2.05, 4.69) is 32.9 Å². The highest BCUT2D eigenvalue weighted by Gasteiger charge is 2.47. The van der Waals surface area contributed by atoms with Gasteiger partial charge >= 0.3 is 0 Å². The summed E-state index contributed by atoms with van der Waals surface area (Å²) in [6.45, 7) is 7.37. The molecule has 3 saturated heterocycles. The maximum atomic E-state index is 13.8. The highest BCUT2D eigenvalue weighted by molar-refractivity contribution is 5.19. The van der Waals surface area contributed by atoms with Gasteiger partial charge in [0.05, 0.1) is 6.54 Å². The Bertz CT molecular complexity index is 836. The minimum atomic E-state index is -0.115. The van der Waals surface area contributed by atoms with E-state index in [1.165, 1.54) is 38.8 Å². The molecule has 3 aliphatic heterocycles. The van der Waals surface area contributed by atoms with Gasteiger partial charge in [-0.15, -0.1) is 0 Å². The van der Waals surface area contributed by atoms with Crippen molar-refractivity contribution in [3.63, 3.8) is 0 Å². The second kappa shape index (κ2) is 8.15. The minimum Gasteiger partial charge on any atom is -0.296 e. The molecule has 3 fully saturated rings. The lowest BCUT2D eigenvalue weighted by molar-refractivity contribution is -0.0735. The Morgan fingerprint density at radius 1 is 1.17 bits per heavy atom. The van der Waals surface area contributed by atoms with Crippen LogP contribution in [0.25, 0.3) is 0 Å². The van der Waals surface area contributed by atoms with Crippen molar-refractivity contribution in [2.24, 2.45) is 11.8 Å². The molecule has 0 N–H and O–H groups in total. The highest BCUT2D eigenvalue weighted by Crippen LogP contribution is 2.42. The fourth-order valence-corrected chi connectivity index (χ4v) is 6.19. The first-order valence-corrected chi connectivity index (χ1v) is 11.3. The van der Waals surface area contributed by atoms with Crippen LogP contribution < -0.4 is 0 Å². The van der Waals surface area contributed by atoms with E-state index >= 15 is 0 Å². The largest absolute Gasteiger partial charge is 0.296 e. The first kappa shape index (κ1) is 19.2. The summed E-state index contributed by atoms with van der Waals surface area (Å²) in [6, 6.07) is 8.44. The van der Waals surface area contributed by atoms with Crippen LogP contribution in [0.4, 0.5) is 4.39 Å². The Morgan fingerprint density at radius 3 is 2.93 bits per heavy atom. The molecule has 0 saturated carbocycles. The number of hydrogen-bond acceptors (Lipinski definition) is 4. The molecule has 3 aliphatic rings. The third-order valence-electron chi connectivity index (χ3n) is 7.39. The second-order valence-corrected chi connectivity index (χ2v) is 9.14. The monoisotopic (exact) mass is 397 g/mol. The summed E-state index contributed by atoms with van der Waals surface area (Å²) >= 11 is 0. The van der Waals surface area contributed by atoms with Crippen LogP contribution in [-0.2, 0) is 19.5 Å². The molecule has 2 aromatic rings. The van der Waals surface area contributed by atoms with Crippen molar-refractivity contribution < 1.29 is 4.39 Å². The highest BCUT2D eigenvalue weighted by atomic mass is 19.1. The van der Waals surface area contributed by atoms with E-state index in [0.717, 1.165) is 43.4 Å². The molecule has 0 radical (unpaired) electrons. The molecule has 6 heteroatoms. The molecule has 0 unspecified atom stereocenters. The number of halogens is 1. The molecular weight excluding hydrogens is 365 g/mol. The molecule has 0 amide bonds. The van der Waals surface area contributed by atoms with Crippen molar-refractivity contribution in [3.05, 3.63) is 47.8 Å². The van der Waals surface area contributed by atoms with Crippen LogP contribution in [0.5, 0.6) is 0 Å². The number of fused-ring (bicyclic) bond motifs is 4. The Balaban J connectivity index is 1.38. The van der Waals surface area contributed by atoms with Crippen molar-refractivity contribution >= 4 is 0 Å². The first-order chi connectivity index (χ1) is 14.2. The van der Waals surface area contributed by atoms with Crippen LogP contribution in [0.2, 0.25) is 0 Å². The number of nitrogens with zero attached hydrogens (tertiary/aromatic N) is 5. The normalized spacial score (nSPS) is 30.3. The number of piperidine rings is 3. The third-order valence-corrected chi connectivity index (χ3v) is 7.39. The van der Waals surface area contributed by atoms with E-state index in [-0.39, 0.29) is 5.82 Å². The zero-order chi connectivity index (χ0) is 19.8. The van der Waals surface area contributed by atoms with Gasteiger partial charge in [-0.25, -0.2) is 14.1 Å². The zero-order valence-corrected chi connectivity index (χ0v) is 17.4. The molecule has 0 aliphatic carbocycles. The van der Waals surface area contributed by atoms with Crippen molar-refractivity contribution in [1.82, 2.24) is 24.6 Å². The van der Waals surface area contributed by atoms with Crippen LogP contribution in [0.3, 0.4) is 0 Å². The van der Waals surface area contributed by atoms with Gasteiger partial charge < -0.3 is 0 Å². The average Bonchev–Trinajstić information content (AvgIpc) is 3.18. The van der Waals surface area contributed by atoms with Crippen molar-refractivity contribution in [1.29, 1.82) is 0 Å². The summed E-state index contributed by atoms with van der Waals surface area (Å²) in [5.41, 5.74) is 1.14.